The summed E-state index contributed by atoms with van der Waals surface area (Å²) in [5.41, 5.74) is 0.672. The fourth-order valence-electron chi connectivity index (χ4n) is 1.42. The van der Waals surface area contributed by atoms with Crippen LogP contribution < -0.4 is 4.90 Å². The van der Waals surface area contributed by atoms with Crippen LogP contribution in [0.3, 0.4) is 0 Å². The number of rotatable bonds is 4. The van der Waals surface area contributed by atoms with Gasteiger partial charge in [0.2, 0.25) is 5.28 Å². The Morgan fingerprint density at radius 3 is 3.06 bits per heavy atom. The lowest BCUT2D eigenvalue weighted by Gasteiger charge is -2.17. The smallest absolute Gasteiger partial charge is 0.226 e. The molecule has 0 aromatic carbocycles. The Kier molecular flexibility index (Phi) is 3.50. The molecule has 0 fully saturated rings. The Balaban J connectivity index is 2.38. The van der Waals surface area contributed by atoms with E-state index in [4.69, 9.17) is 11.6 Å². The summed E-state index contributed by atoms with van der Waals surface area (Å²) < 4.78 is 0. The Bertz CT molecular complexity index is 486. The second-order valence-corrected chi connectivity index (χ2v) is 4.69. The van der Waals surface area contributed by atoms with Gasteiger partial charge in [-0.15, -0.1) is 0 Å². The summed E-state index contributed by atoms with van der Waals surface area (Å²) in [6.07, 6.45) is 3.80. The van der Waals surface area contributed by atoms with Crippen molar-refractivity contribution in [2.24, 2.45) is 0 Å². The van der Waals surface area contributed by atoms with Gasteiger partial charge in [0, 0.05) is 19.3 Å². The van der Waals surface area contributed by atoms with E-state index in [0.717, 1.165) is 23.5 Å². The molecule has 0 atom stereocenters. The first-order valence-corrected chi connectivity index (χ1v) is 6.56. The molecule has 5 nitrogen and oxygen atoms in total. The number of anilines is 1. The lowest BCUT2D eigenvalue weighted by atomic mass is 10.3. The van der Waals surface area contributed by atoms with Crippen LogP contribution in [0, 0.1) is 0 Å². The molecule has 0 spiro atoms. The predicted octanol–water partition coefficient (Wildman–Crippen LogP) is 1.81. The van der Waals surface area contributed by atoms with E-state index >= 15 is 0 Å². The minimum Gasteiger partial charge on any atom is -0.358 e. The molecule has 0 aliphatic carbocycles. The van der Waals surface area contributed by atoms with Gasteiger partial charge in [0.05, 0.1) is 11.6 Å². The number of H-pyrrole nitrogens is 1. The summed E-state index contributed by atoms with van der Waals surface area (Å²) in [5, 5.41) is 7.88. The maximum Gasteiger partial charge on any atom is 0.226 e. The number of aromatic amines is 1. The molecule has 86 valence electrons. The quantitative estimate of drug-likeness (QED) is 0.847. The number of fused-ring (bicyclic) bond motifs is 1. The van der Waals surface area contributed by atoms with Crippen molar-refractivity contribution < 1.29 is 0 Å². The molecule has 0 saturated heterocycles. The molecular formula is C9H12ClN5S. The van der Waals surface area contributed by atoms with E-state index in [2.05, 4.69) is 31.3 Å². The van der Waals surface area contributed by atoms with E-state index in [1.807, 2.05) is 7.05 Å². The van der Waals surface area contributed by atoms with E-state index < -0.39 is 0 Å². The molecule has 2 aromatic rings. The van der Waals surface area contributed by atoms with Crippen molar-refractivity contribution in [1.29, 1.82) is 0 Å². The van der Waals surface area contributed by atoms with Crippen molar-refractivity contribution in [2.45, 2.75) is 0 Å². The van der Waals surface area contributed by atoms with Gasteiger partial charge in [0.15, 0.2) is 5.65 Å². The number of halogens is 1. The van der Waals surface area contributed by atoms with Crippen LogP contribution in [0.1, 0.15) is 0 Å². The van der Waals surface area contributed by atoms with E-state index in [1.165, 1.54) is 0 Å². The number of nitrogens with one attached hydrogen (secondary N) is 1. The Morgan fingerprint density at radius 2 is 2.31 bits per heavy atom. The number of aromatic nitrogens is 4. The van der Waals surface area contributed by atoms with Crippen molar-refractivity contribution in [3.8, 4) is 0 Å². The van der Waals surface area contributed by atoms with Crippen LogP contribution in [0.4, 0.5) is 5.82 Å². The zero-order valence-electron chi connectivity index (χ0n) is 9.07. The number of nitrogens with zero attached hydrogens (tertiary/aromatic N) is 4. The largest absolute Gasteiger partial charge is 0.358 e. The van der Waals surface area contributed by atoms with E-state index in [0.29, 0.717) is 5.65 Å². The molecule has 0 aliphatic rings. The third-order valence-corrected chi connectivity index (χ3v) is 3.01. The van der Waals surface area contributed by atoms with Crippen LogP contribution in [-0.4, -0.2) is 45.8 Å². The Morgan fingerprint density at radius 1 is 1.50 bits per heavy atom. The summed E-state index contributed by atoms with van der Waals surface area (Å²) in [7, 11) is 1.99. The topological polar surface area (TPSA) is 57.7 Å². The maximum atomic E-state index is 5.86. The van der Waals surface area contributed by atoms with Gasteiger partial charge in [-0.2, -0.15) is 26.8 Å². The lowest BCUT2D eigenvalue weighted by Crippen LogP contribution is -2.21. The third-order valence-electron chi connectivity index (χ3n) is 2.25. The first kappa shape index (κ1) is 11.5. The van der Waals surface area contributed by atoms with Gasteiger partial charge in [-0.05, 0) is 17.9 Å². The van der Waals surface area contributed by atoms with Crippen LogP contribution in [0.25, 0.3) is 11.0 Å². The number of thioether (sulfide) groups is 1. The summed E-state index contributed by atoms with van der Waals surface area (Å²) in [6.45, 7) is 0.911. The van der Waals surface area contributed by atoms with Crippen LogP contribution in [0.15, 0.2) is 6.20 Å². The average molecular weight is 258 g/mol. The Hall–Kier alpha value is -1.01. The highest BCUT2D eigenvalue weighted by atomic mass is 35.5. The SMILES string of the molecule is CSCCN(C)c1nc(Cl)nc2[nH]ncc12. The molecule has 0 saturated carbocycles. The van der Waals surface area contributed by atoms with Crippen LogP contribution in [-0.2, 0) is 0 Å². The second kappa shape index (κ2) is 4.88. The molecule has 2 heterocycles. The molecule has 7 heteroatoms. The first-order valence-electron chi connectivity index (χ1n) is 4.79. The number of hydrogen-bond acceptors (Lipinski definition) is 5. The molecule has 0 radical (unpaired) electrons. The zero-order valence-corrected chi connectivity index (χ0v) is 10.6. The molecule has 2 rings (SSSR count). The Labute approximate surface area is 103 Å². The highest BCUT2D eigenvalue weighted by Gasteiger charge is 2.11. The average Bonchev–Trinajstić information content (AvgIpc) is 2.72. The van der Waals surface area contributed by atoms with Crippen LogP contribution in [0.2, 0.25) is 5.28 Å². The summed E-state index contributed by atoms with van der Waals surface area (Å²) in [4.78, 5) is 10.4. The fourth-order valence-corrected chi connectivity index (χ4v) is 2.04. The summed E-state index contributed by atoms with van der Waals surface area (Å²) in [5.74, 6) is 1.86. The first-order chi connectivity index (χ1) is 7.72. The van der Waals surface area contributed by atoms with Gasteiger partial charge in [-0.1, -0.05) is 0 Å². The normalized spacial score (nSPS) is 10.9. The predicted molar refractivity (Wildman–Crippen MR) is 68.3 cm³/mol. The summed E-state index contributed by atoms with van der Waals surface area (Å²) in [6, 6.07) is 0. The highest BCUT2D eigenvalue weighted by Crippen LogP contribution is 2.22. The van der Waals surface area contributed by atoms with Crippen molar-refractivity contribution in [3.05, 3.63) is 11.5 Å². The van der Waals surface area contributed by atoms with Crippen molar-refractivity contribution >= 4 is 40.2 Å². The molecule has 2 aromatic heterocycles. The van der Waals surface area contributed by atoms with Gasteiger partial charge >= 0.3 is 0 Å². The maximum absolute atomic E-state index is 5.86. The van der Waals surface area contributed by atoms with Gasteiger partial charge in [0.1, 0.15) is 5.82 Å². The van der Waals surface area contributed by atoms with Gasteiger partial charge < -0.3 is 4.90 Å². The highest BCUT2D eigenvalue weighted by molar-refractivity contribution is 7.98. The monoisotopic (exact) mass is 257 g/mol. The van der Waals surface area contributed by atoms with E-state index in [1.54, 1.807) is 18.0 Å². The molecule has 0 aliphatic heterocycles. The number of hydrogen-bond donors (Lipinski definition) is 1. The van der Waals surface area contributed by atoms with Gasteiger partial charge in [-0.25, -0.2) is 0 Å². The molecule has 0 bridgehead atoms. The minimum absolute atomic E-state index is 0.239. The van der Waals surface area contributed by atoms with Crippen molar-refractivity contribution in [2.75, 3.05) is 30.5 Å². The van der Waals surface area contributed by atoms with Crippen LogP contribution in [0.5, 0.6) is 0 Å². The third kappa shape index (κ3) is 2.22. The fraction of sp³-hybridized carbons (Fsp3) is 0.444. The molecule has 1 N–H and O–H groups in total. The molecular weight excluding hydrogens is 246 g/mol. The zero-order chi connectivity index (χ0) is 11.5. The standard InChI is InChI=1S/C9H12ClN5S/c1-15(3-4-16-2)8-6-5-11-14-7(6)12-9(10)13-8/h5H,3-4H2,1-2H3,(H,11,12,13,14). The molecule has 16 heavy (non-hydrogen) atoms. The van der Waals surface area contributed by atoms with Crippen LogP contribution >= 0.6 is 23.4 Å². The van der Waals surface area contributed by atoms with Crippen molar-refractivity contribution in [3.63, 3.8) is 0 Å². The summed E-state index contributed by atoms with van der Waals surface area (Å²) >= 11 is 7.65. The minimum atomic E-state index is 0.239. The van der Waals surface area contributed by atoms with Gasteiger partial charge in [0.25, 0.3) is 0 Å². The lowest BCUT2D eigenvalue weighted by molar-refractivity contribution is 0.948. The van der Waals surface area contributed by atoms with E-state index in [-0.39, 0.29) is 5.28 Å². The molecule has 0 amide bonds. The second-order valence-electron chi connectivity index (χ2n) is 3.36. The van der Waals surface area contributed by atoms with E-state index in [9.17, 15) is 0 Å². The van der Waals surface area contributed by atoms with Gasteiger partial charge in [-0.3, -0.25) is 5.10 Å². The van der Waals surface area contributed by atoms with Crippen molar-refractivity contribution in [1.82, 2.24) is 20.2 Å². The molecule has 0 unspecified atom stereocenters.